The number of rotatable bonds is 10. The van der Waals surface area contributed by atoms with Crippen molar-refractivity contribution in [2.24, 2.45) is 0 Å². The molecule has 1 aliphatic heterocycles. The number of carboxylic acid groups (broad SMARTS) is 1. The topological polar surface area (TPSA) is 99.9 Å². The van der Waals surface area contributed by atoms with E-state index in [0.29, 0.717) is 25.4 Å². The average Bonchev–Trinajstić information content (AvgIpc) is 3.46. The summed E-state index contributed by atoms with van der Waals surface area (Å²) < 4.78 is 8.64. The second-order valence-electron chi connectivity index (χ2n) is 11.3. The average molecular weight is 574 g/mol. The highest BCUT2D eigenvalue weighted by Crippen LogP contribution is 2.44. The molecule has 224 valence electrons. The molecule has 2 N–H and O–H groups in total. The largest absolute Gasteiger partial charge is 0.465 e. The summed E-state index contributed by atoms with van der Waals surface area (Å²) >= 11 is 0. The van der Waals surface area contributed by atoms with Crippen LogP contribution >= 0.6 is 0 Å². The quantitative estimate of drug-likeness (QED) is 0.350. The second-order valence-corrected chi connectivity index (χ2v) is 11.3. The number of aromatic nitrogens is 2. The summed E-state index contributed by atoms with van der Waals surface area (Å²) in [6, 6.07) is 20.1. The van der Waals surface area contributed by atoms with Crippen molar-refractivity contribution in [1.29, 1.82) is 0 Å². The number of nitrogens with one attached hydrogen (secondary N) is 1. The minimum absolute atomic E-state index is 0.00768. The number of hydrogen-bond acceptors (Lipinski definition) is 5. The zero-order valence-corrected chi connectivity index (χ0v) is 24.7. The van der Waals surface area contributed by atoms with E-state index in [1.54, 1.807) is 6.33 Å². The lowest BCUT2D eigenvalue weighted by molar-refractivity contribution is -0.110. The number of carbonyl (C=O) groups excluding carboxylic acids is 1. The van der Waals surface area contributed by atoms with Crippen molar-refractivity contribution in [2.75, 3.05) is 39.3 Å². The van der Waals surface area contributed by atoms with Crippen LogP contribution in [0.25, 0.3) is 11.3 Å². The van der Waals surface area contributed by atoms with Crippen molar-refractivity contribution in [1.82, 2.24) is 24.7 Å². The molecule has 1 saturated heterocycles. The number of hydrogen-bond donors (Lipinski definition) is 2. The molecule has 2 heterocycles. The normalized spacial score (nSPS) is 22.6. The van der Waals surface area contributed by atoms with Crippen LogP contribution in [0.3, 0.4) is 0 Å². The van der Waals surface area contributed by atoms with Crippen LogP contribution in [-0.2, 0) is 11.2 Å². The number of piperazine rings is 1. The number of ether oxygens (including phenoxy) is 1. The lowest BCUT2D eigenvalue weighted by Gasteiger charge is -2.46. The highest BCUT2D eigenvalue weighted by molar-refractivity contribution is 5.98. The molecule has 0 bridgehead atoms. The highest BCUT2D eigenvalue weighted by Gasteiger charge is 2.46. The van der Waals surface area contributed by atoms with E-state index in [-0.39, 0.29) is 24.5 Å². The Morgan fingerprint density at radius 3 is 2.52 bits per heavy atom. The van der Waals surface area contributed by atoms with E-state index in [1.807, 2.05) is 67.3 Å². The summed E-state index contributed by atoms with van der Waals surface area (Å²) in [7, 11) is 0. The third-order valence-corrected chi connectivity index (χ3v) is 8.78. The summed E-state index contributed by atoms with van der Waals surface area (Å²) in [6.45, 7) is 6.99. The van der Waals surface area contributed by atoms with Crippen molar-refractivity contribution < 1.29 is 19.4 Å². The summed E-state index contributed by atoms with van der Waals surface area (Å²) in [5, 5.41) is 13.4. The molecule has 1 aliphatic carbocycles. The monoisotopic (exact) mass is 573 g/mol. The molecule has 9 nitrogen and oxygen atoms in total. The predicted molar refractivity (Wildman–Crippen MR) is 163 cm³/mol. The van der Waals surface area contributed by atoms with Crippen LogP contribution in [0, 0.1) is 0 Å². The van der Waals surface area contributed by atoms with E-state index in [0.717, 1.165) is 56.5 Å². The van der Waals surface area contributed by atoms with Gasteiger partial charge in [0.1, 0.15) is 5.60 Å². The van der Waals surface area contributed by atoms with Gasteiger partial charge in [-0.15, -0.1) is 0 Å². The minimum atomic E-state index is -0.950. The Kier molecular flexibility index (Phi) is 9.59. The number of nitrogens with zero attached hydrogens (tertiary/aromatic N) is 4. The van der Waals surface area contributed by atoms with Crippen LogP contribution in [0.5, 0.6) is 0 Å². The van der Waals surface area contributed by atoms with Gasteiger partial charge in [-0.3, -0.25) is 4.79 Å². The summed E-state index contributed by atoms with van der Waals surface area (Å²) in [5.41, 5.74) is 2.58. The SMILES string of the molecule is CCOC1(CN(CC)C(=O)O)CCCCC1n1cnc(C(=O)N2CCNC[C@H]2Cc2ccccc2)c1-c1ccccc1. The number of likely N-dealkylation sites (N-methyl/N-ethyl adjacent to an activating group) is 1. The maximum Gasteiger partial charge on any atom is 0.407 e. The van der Waals surface area contributed by atoms with Crippen LogP contribution in [-0.4, -0.2) is 87.4 Å². The van der Waals surface area contributed by atoms with Gasteiger partial charge in [-0.25, -0.2) is 9.78 Å². The van der Waals surface area contributed by atoms with Crippen molar-refractivity contribution in [2.45, 2.75) is 63.6 Å². The molecule has 2 aliphatic rings. The number of carbonyl (C=O) groups is 2. The van der Waals surface area contributed by atoms with Gasteiger partial charge in [-0.05, 0) is 38.7 Å². The van der Waals surface area contributed by atoms with Gasteiger partial charge in [0.25, 0.3) is 5.91 Å². The second kappa shape index (κ2) is 13.5. The van der Waals surface area contributed by atoms with E-state index in [4.69, 9.17) is 9.72 Å². The van der Waals surface area contributed by atoms with E-state index in [9.17, 15) is 14.7 Å². The van der Waals surface area contributed by atoms with E-state index in [2.05, 4.69) is 22.0 Å². The molecular formula is C33H43N5O4. The molecular weight excluding hydrogens is 530 g/mol. The van der Waals surface area contributed by atoms with Gasteiger partial charge in [-0.1, -0.05) is 73.5 Å². The maximum absolute atomic E-state index is 14.4. The van der Waals surface area contributed by atoms with E-state index < -0.39 is 11.7 Å². The van der Waals surface area contributed by atoms with Crippen LogP contribution < -0.4 is 5.32 Å². The first-order valence-corrected chi connectivity index (χ1v) is 15.3. The Balaban J connectivity index is 1.56. The lowest BCUT2D eigenvalue weighted by Crippen LogP contribution is -2.54. The third kappa shape index (κ3) is 6.22. The third-order valence-electron chi connectivity index (χ3n) is 8.78. The van der Waals surface area contributed by atoms with Gasteiger partial charge in [-0.2, -0.15) is 0 Å². The van der Waals surface area contributed by atoms with E-state index in [1.165, 1.54) is 10.5 Å². The molecule has 0 spiro atoms. The van der Waals surface area contributed by atoms with Crippen molar-refractivity contribution >= 4 is 12.0 Å². The first-order valence-electron chi connectivity index (χ1n) is 15.3. The Labute approximate surface area is 248 Å². The van der Waals surface area contributed by atoms with Crippen LogP contribution in [0.15, 0.2) is 67.0 Å². The highest BCUT2D eigenvalue weighted by atomic mass is 16.5. The predicted octanol–water partition coefficient (Wildman–Crippen LogP) is 5.10. The van der Waals surface area contributed by atoms with Gasteiger partial charge in [0.2, 0.25) is 0 Å². The molecule has 2 unspecified atom stereocenters. The van der Waals surface area contributed by atoms with Crippen molar-refractivity contribution in [3.63, 3.8) is 0 Å². The molecule has 2 amide bonds. The molecule has 3 atom stereocenters. The van der Waals surface area contributed by atoms with Crippen LogP contribution in [0.1, 0.15) is 61.6 Å². The fourth-order valence-electron chi connectivity index (χ4n) is 6.78. The molecule has 2 aromatic carbocycles. The molecule has 42 heavy (non-hydrogen) atoms. The molecule has 0 radical (unpaired) electrons. The Morgan fingerprint density at radius 2 is 1.83 bits per heavy atom. The Morgan fingerprint density at radius 1 is 1.10 bits per heavy atom. The molecule has 5 rings (SSSR count). The molecule has 1 aromatic heterocycles. The van der Waals surface area contributed by atoms with Crippen molar-refractivity contribution in [3.05, 3.63) is 78.2 Å². The number of amides is 2. The zero-order chi connectivity index (χ0) is 29.5. The fraction of sp³-hybridized carbons (Fsp3) is 0.485. The minimum Gasteiger partial charge on any atom is -0.465 e. The number of benzene rings is 2. The van der Waals surface area contributed by atoms with Crippen LogP contribution in [0.2, 0.25) is 0 Å². The van der Waals surface area contributed by atoms with Crippen molar-refractivity contribution in [3.8, 4) is 11.3 Å². The summed E-state index contributed by atoms with van der Waals surface area (Å²) in [4.78, 5) is 34.7. The zero-order valence-electron chi connectivity index (χ0n) is 24.7. The smallest absolute Gasteiger partial charge is 0.407 e. The van der Waals surface area contributed by atoms with Crippen LogP contribution in [0.4, 0.5) is 4.79 Å². The van der Waals surface area contributed by atoms with E-state index >= 15 is 0 Å². The molecule has 2 fully saturated rings. The van der Waals surface area contributed by atoms with Gasteiger partial charge in [0, 0.05) is 44.4 Å². The first kappa shape index (κ1) is 29.8. The molecule has 3 aromatic rings. The molecule has 1 saturated carbocycles. The fourth-order valence-corrected chi connectivity index (χ4v) is 6.78. The lowest BCUT2D eigenvalue weighted by atomic mass is 9.79. The van der Waals surface area contributed by atoms with Gasteiger partial charge < -0.3 is 29.5 Å². The maximum atomic E-state index is 14.4. The standard InChI is InChI=1S/C33H43N5O4/c1-3-36(32(40)41)23-33(42-4-2)18-12-11-17-28(33)38-24-35-29(30(38)26-15-9-6-10-16-26)31(39)37-20-19-34-22-27(37)21-25-13-7-5-8-14-25/h5-10,13-16,24,27-28,34H,3-4,11-12,17-23H2,1-2H3,(H,40,41)/t27-,28?,33?/m1/s1. The summed E-state index contributed by atoms with van der Waals surface area (Å²) in [5.74, 6) is -0.0754. The van der Waals surface area contributed by atoms with Gasteiger partial charge >= 0.3 is 6.09 Å². The van der Waals surface area contributed by atoms with Gasteiger partial charge in [0.15, 0.2) is 5.69 Å². The molecule has 9 heteroatoms. The summed E-state index contributed by atoms with van der Waals surface area (Å²) in [6.07, 6.45) is 5.09. The Hall–Kier alpha value is -3.69. The Bertz CT molecular complexity index is 1330. The first-order chi connectivity index (χ1) is 20.5. The number of imidazole rings is 1. The van der Waals surface area contributed by atoms with Gasteiger partial charge in [0.05, 0.1) is 24.6 Å².